The first-order chi connectivity index (χ1) is 8.08. The van der Waals surface area contributed by atoms with Crippen LogP contribution in [0.15, 0.2) is 24.3 Å². The molecule has 0 saturated carbocycles. The monoisotopic (exact) mass is 236 g/mol. The quantitative estimate of drug-likeness (QED) is 0.642. The van der Waals surface area contributed by atoms with Crippen LogP contribution in [0.4, 0.5) is 0 Å². The van der Waals surface area contributed by atoms with Crippen LogP contribution in [0.1, 0.15) is 19.4 Å². The maximum Gasteiger partial charge on any atom is 0.340 e. The van der Waals surface area contributed by atoms with Crippen LogP contribution in [0.5, 0.6) is 11.5 Å². The van der Waals surface area contributed by atoms with Crippen molar-refractivity contribution in [3.63, 3.8) is 0 Å². The lowest BCUT2D eigenvalue weighted by molar-refractivity contribution is -0.142. The van der Waals surface area contributed by atoms with Gasteiger partial charge in [0.25, 0.3) is 0 Å². The number of methoxy groups -OCH3 is 1. The highest BCUT2D eigenvalue weighted by Crippen LogP contribution is 2.28. The Bertz CT molecular complexity index is 421. The van der Waals surface area contributed by atoms with Gasteiger partial charge in [-0.15, -0.1) is 0 Å². The number of ether oxygens (including phenoxy) is 2. The van der Waals surface area contributed by atoms with E-state index in [9.17, 15) is 4.79 Å². The van der Waals surface area contributed by atoms with Gasteiger partial charge in [0.2, 0.25) is 0 Å². The highest BCUT2D eigenvalue weighted by Gasteiger charge is 2.14. The van der Waals surface area contributed by atoms with E-state index in [0.29, 0.717) is 11.5 Å². The summed E-state index contributed by atoms with van der Waals surface area (Å²) in [5.74, 6) is 0.0448. The molecule has 1 aromatic rings. The number of carbonyl (C=O) groups is 1. The molecule has 4 heteroatoms. The highest BCUT2D eigenvalue weighted by atomic mass is 16.6. The molecule has 0 bridgehead atoms. The van der Waals surface area contributed by atoms with Gasteiger partial charge < -0.3 is 14.6 Å². The Morgan fingerprint density at radius 3 is 2.65 bits per heavy atom. The molecule has 0 radical (unpaired) electrons. The number of rotatable bonds is 4. The van der Waals surface area contributed by atoms with Gasteiger partial charge >= 0.3 is 5.97 Å². The van der Waals surface area contributed by atoms with Gasteiger partial charge in [-0.3, -0.25) is 0 Å². The third kappa shape index (κ3) is 3.60. The fourth-order valence-electron chi connectivity index (χ4n) is 1.26. The summed E-state index contributed by atoms with van der Waals surface area (Å²) in [7, 11) is 1.49. The number of esters is 1. The molecule has 0 saturated heterocycles. The zero-order valence-electron chi connectivity index (χ0n) is 10.1. The number of hydrogen-bond donors (Lipinski definition) is 1. The minimum absolute atomic E-state index is 0.298. The van der Waals surface area contributed by atoms with Gasteiger partial charge in [-0.1, -0.05) is 18.2 Å². The molecule has 4 nitrogen and oxygen atoms in total. The predicted molar refractivity (Wildman–Crippen MR) is 65.0 cm³/mol. The van der Waals surface area contributed by atoms with Crippen molar-refractivity contribution < 1.29 is 19.4 Å². The molecule has 1 aromatic carbocycles. The van der Waals surface area contributed by atoms with Gasteiger partial charge in [-0.25, -0.2) is 4.79 Å². The van der Waals surface area contributed by atoms with Crippen molar-refractivity contribution in [1.29, 1.82) is 0 Å². The summed E-state index contributed by atoms with van der Waals surface area (Å²) >= 11 is 0. The second kappa shape index (κ2) is 6.06. The Balaban J connectivity index is 2.96. The van der Waals surface area contributed by atoms with Crippen LogP contribution in [0.3, 0.4) is 0 Å². The number of aliphatic hydroxyl groups is 1. The number of carbonyl (C=O) groups excluding carboxylic acids is 1. The molecule has 1 unspecified atom stereocenters. The summed E-state index contributed by atoms with van der Waals surface area (Å²) in [6.07, 6.45) is 2.65. The van der Waals surface area contributed by atoms with E-state index in [1.54, 1.807) is 18.2 Å². The third-order valence-corrected chi connectivity index (χ3v) is 2.10. The summed E-state index contributed by atoms with van der Waals surface area (Å²) in [5.41, 5.74) is 0.946. The zero-order chi connectivity index (χ0) is 12.8. The molecule has 92 valence electrons. The van der Waals surface area contributed by atoms with Crippen LogP contribution >= 0.6 is 0 Å². The van der Waals surface area contributed by atoms with Crippen LogP contribution in [0, 0.1) is 0 Å². The molecule has 0 aliphatic heterocycles. The Hall–Kier alpha value is -1.81. The van der Waals surface area contributed by atoms with E-state index in [2.05, 4.69) is 0 Å². The molecule has 0 heterocycles. The lowest BCUT2D eigenvalue weighted by Crippen LogP contribution is -2.22. The van der Waals surface area contributed by atoms with Gasteiger partial charge in [-0.2, -0.15) is 0 Å². The summed E-state index contributed by atoms with van der Waals surface area (Å²) in [6, 6.07) is 5.19. The van der Waals surface area contributed by atoms with Crippen molar-refractivity contribution in [1.82, 2.24) is 0 Å². The van der Waals surface area contributed by atoms with Crippen molar-refractivity contribution >= 4 is 12.0 Å². The molecule has 0 aliphatic carbocycles. The van der Waals surface area contributed by atoms with Crippen LogP contribution in [-0.4, -0.2) is 24.3 Å². The maximum atomic E-state index is 11.2. The largest absolute Gasteiger partial charge is 0.493 e. The number of benzene rings is 1. The average Bonchev–Trinajstić information content (AvgIpc) is 2.31. The van der Waals surface area contributed by atoms with E-state index in [0.717, 1.165) is 5.56 Å². The van der Waals surface area contributed by atoms with Crippen molar-refractivity contribution in [2.75, 3.05) is 7.11 Å². The second-order valence-electron chi connectivity index (χ2n) is 3.51. The fourth-order valence-corrected chi connectivity index (χ4v) is 1.26. The molecule has 0 fully saturated rings. The minimum atomic E-state index is -1.16. The molecule has 17 heavy (non-hydrogen) atoms. The lowest BCUT2D eigenvalue weighted by atomic mass is 10.2. The van der Waals surface area contributed by atoms with Gasteiger partial charge in [-0.05, 0) is 31.5 Å². The van der Waals surface area contributed by atoms with E-state index < -0.39 is 12.1 Å². The first-order valence-electron chi connectivity index (χ1n) is 5.29. The molecule has 1 N–H and O–H groups in total. The van der Waals surface area contributed by atoms with Gasteiger partial charge in [0.15, 0.2) is 11.5 Å². The molecule has 1 atom stereocenters. The highest BCUT2D eigenvalue weighted by molar-refractivity contribution is 5.77. The van der Waals surface area contributed by atoms with Crippen molar-refractivity contribution in [2.45, 2.75) is 20.0 Å². The number of allylic oxidation sites excluding steroid dienone is 1. The lowest BCUT2D eigenvalue weighted by Gasteiger charge is -2.10. The van der Waals surface area contributed by atoms with Crippen LogP contribution < -0.4 is 9.47 Å². The molecule has 0 aromatic heterocycles. The molecule has 0 spiro atoms. The maximum absolute atomic E-state index is 11.2. The molecule has 0 amide bonds. The van der Waals surface area contributed by atoms with E-state index in [-0.39, 0.29) is 0 Å². The van der Waals surface area contributed by atoms with Crippen LogP contribution in [0.25, 0.3) is 6.08 Å². The normalized spacial score (nSPS) is 12.5. The molecule has 1 rings (SSSR count). The fraction of sp³-hybridized carbons (Fsp3) is 0.308. The topological polar surface area (TPSA) is 55.8 Å². The van der Waals surface area contributed by atoms with E-state index in [1.165, 1.54) is 14.0 Å². The van der Waals surface area contributed by atoms with E-state index in [4.69, 9.17) is 14.6 Å². The van der Waals surface area contributed by atoms with E-state index >= 15 is 0 Å². The summed E-state index contributed by atoms with van der Waals surface area (Å²) < 4.78 is 10.1. The number of hydrogen-bond acceptors (Lipinski definition) is 4. The van der Waals surface area contributed by atoms with Crippen LogP contribution in [0.2, 0.25) is 0 Å². The molecular formula is C13H16O4. The number of aliphatic hydroxyl groups excluding tert-OH is 1. The smallest absolute Gasteiger partial charge is 0.340 e. The summed E-state index contributed by atoms with van der Waals surface area (Å²) in [6.45, 7) is 3.26. The Kier molecular flexibility index (Phi) is 4.72. The van der Waals surface area contributed by atoms with Crippen molar-refractivity contribution in [3.8, 4) is 11.5 Å². The van der Waals surface area contributed by atoms with Gasteiger partial charge in [0.1, 0.15) is 6.10 Å². The minimum Gasteiger partial charge on any atom is -0.493 e. The predicted octanol–water partition coefficient (Wildman–Crippen LogP) is 2.01. The Morgan fingerprint density at radius 2 is 2.12 bits per heavy atom. The van der Waals surface area contributed by atoms with Crippen molar-refractivity contribution in [2.24, 2.45) is 0 Å². The first-order valence-corrected chi connectivity index (χ1v) is 5.29. The SMILES string of the molecule is CC=Cc1ccc(OC(=O)C(C)O)c(OC)c1. The Labute approximate surface area is 100 Å². The van der Waals surface area contributed by atoms with Crippen molar-refractivity contribution in [3.05, 3.63) is 29.8 Å². The second-order valence-corrected chi connectivity index (χ2v) is 3.51. The van der Waals surface area contributed by atoms with Crippen LogP contribution in [-0.2, 0) is 4.79 Å². The Morgan fingerprint density at radius 1 is 1.41 bits per heavy atom. The zero-order valence-corrected chi connectivity index (χ0v) is 10.1. The van der Waals surface area contributed by atoms with Gasteiger partial charge in [0, 0.05) is 0 Å². The first kappa shape index (κ1) is 13.3. The third-order valence-electron chi connectivity index (χ3n) is 2.10. The van der Waals surface area contributed by atoms with E-state index in [1.807, 2.05) is 19.1 Å². The van der Waals surface area contributed by atoms with Gasteiger partial charge in [0.05, 0.1) is 7.11 Å². The molecule has 0 aliphatic rings. The standard InChI is InChI=1S/C13H16O4/c1-4-5-10-6-7-11(12(8-10)16-3)17-13(15)9(2)14/h4-9,14H,1-3H3. The summed E-state index contributed by atoms with van der Waals surface area (Å²) in [4.78, 5) is 11.2. The average molecular weight is 236 g/mol. The summed E-state index contributed by atoms with van der Waals surface area (Å²) in [5, 5.41) is 9.06. The molecular weight excluding hydrogens is 220 g/mol.